The van der Waals surface area contributed by atoms with Crippen molar-refractivity contribution in [1.82, 2.24) is 20.0 Å². The Bertz CT molecular complexity index is 779. The molecule has 0 saturated carbocycles. The SMILES string of the molecule is COCCCN1CCC(O)(NC(=O)c2nn(C(C)C)c3ccccc23)CC1. The summed E-state index contributed by atoms with van der Waals surface area (Å²) < 4.78 is 6.94. The van der Waals surface area contributed by atoms with Crippen molar-refractivity contribution in [2.45, 2.75) is 44.9 Å². The second-order valence-electron chi connectivity index (χ2n) is 7.58. The van der Waals surface area contributed by atoms with E-state index in [1.807, 2.05) is 42.8 Å². The van der Waals surface area contributed by atoms with E-state index in [2.05, 4.69) is 15.3 Å². The second-order valence-corrected chi connectivity index (χ2v) is 7.58. The summed E-state index contributed by atoms with van der Waals surface area (Å²) in [5, 5.41) is 19.0. The van der Waals surface area contributed by atoms with Crippen molar-refractivity contribution in [3.8, 4) is 0 Å². The molecule has 1 aliphatic rings. The predicted molar refractivity (Wildman–Crippen MR) is 105 cm³/mol. The first-order chi connectivity index (χ1) is 12.9. The van der Waals surface area contributed by atoms with Gasteiger partial charge in [0.2, 0.25) is 0 Å². The number of likely N-dealkylation sites (tertiary alicyclic amines) is 1. The Kier molecular flexibility index (Phi) is 6.14. The zero-order valence-electron chi connectivity index (χ0n) is 16.4. The average molecular weight is 374 g/mol. The smallest absolute Gasteiger partial charge is 0.274 e. The fourth-order valence-corrected chi connectivity index (χ4v) is 3.63. The zero-order chi connectivity index (χ0) is 19.4. The van der Waals surface area contributed by atoms with Gasteiger partial charge in [0, 0.05) is 57.6 Å². The molecule has 3 rings (SSSR count). The van der Waals surface area contributed by atoms with E-state index in [1.54, 1.807) is 7.11 Å². The van der Waals surface area contributed by atoms with E-state index in [9.17, 15) is 9.90 Å². The Morgan fingerprint density at radius 2 is 2.04 bits per heavy atom. The number of hydrogen-bond acceptors (Lipinski definition) is 5. The highest BCUT2D eigenvalue weighted by molar-refractivity contribution is 6.05. The summed E-state index contributed by atoms with van der Waals surface area (Å²) in [4.78, 5) is 15.2. The van der Waals surface area contributed by atoms with Gasteiger partial charge in [0.1, 0.15) is 5.72 Å². The van der Waals surface area contributed by atoms with E-state index < -0.39 is 5.72 Å². The van der Waals surface area contributed by atoms with Gasteiger partial charge in [-0.25, -0.2) is 0 Å². The van der Waals surface area contributed by atoms with Crippen molar-refractivity contribution in [3.63, 3.8) is 0 Å². The van der Waals surface area contributed by atoms with Gasteiger partial charge in [0.15, 0.2) is 5.69 Å². The van der Waals surface area contributed by atoms with Crippen LogP contribution in [0.5, 0.6) is 0 Å². The Labute approximate surface area is 160 Å². The lowest BCUT2D eigenvalue weighted by molar-refractivity contribution is -0.0428. The zero-order valence-corrected chi connectivity index (χ0v) is 16.4. The second kappa shape index (κ2) is 8.37. The number of aromatic nitrogens is 2. The maximum Gasteiger partial charge on any atom is 0.274 e. The molecular weight excluding hydrogens is 344 g/mol. The van der Waals surface area contributed by atoms with Crippen LogP contribution in [0.1, 0.15) is 49.6 Å². The minimum Gasteiger partial charge on any atom is -0.385 e. The number of carbonyl (C=O) groups is 1. The van der Waals surface area contributed by atoms with Crippen molar-refractivity contribution in [1.29, 1.82) is 0 Å². The molecule has 1 aromatic carbocycles. The number of amides is 1. The maximum atomic E-state index is 12.9. The number of rotatable bonds is 7. The summed E-state index contributed by atoms with van der Waals surface area (Å²) in [5.74, 6) is -0.319. The van der Waals surface area contributed by atoms with E-state index in [-0.39, 0.29) is 11.9 Å². The average Bonchev–Trinajstić information content (AvgIpc) is 3.04. The molecule has 0 atom stereocenters. The summed E-state index contributed by atoms with van der Waals surface area (Å²) >= 11 is 0. The van der Waals surface area contributed by atoms with Crippen molar-refractivity contribution < 1.29 is 14.6 Å². The number of carbonyl (C=O) groups excluding carboxylic acids is 1. The molecular formula is C20H30N4O3. The van der Waals surface area contributed by atoms with Crippen LogP contribution in [-0.2, 0) is 4.74 Å². The molecule has 2 aromatic rings. The number of aliphatic hydroxyl groups is 1. The van der Waals surface area contributed by atoms with E-state index in [1.165, 1.54) is 0 Å². The lowest BCUT2D eigenvalue weighted by atomic mass is 9.99. The molecule has 0 aliphatic carbocycles. The molecule has 7 nitrogen and oxygen atoms in total. The molecule has 2 N–H and O–H groups in total. The Morgan fingerprint density at radius 1 is 1.33 bits per heavy atom. The Morgan fingerprint density at radius 3 is 2.70 bits per heavy atom. The summed E-state index contributed by atoms with van der Waals surface area (Å²) in [7, 11) is 1.70. The topological polar surface area (TPSA) is 79.6 Å². The van der Waals surface area contributed by atoms with E-state index in [4.69, 9.17) is 4.74 Å². The van der Waals surface area contributed by atoms with Gasteiger partial charge in [-0.15, -0.1) is 0 Å². The number of hydrogen-bond donors (Lipinski definition) is 2. The number of fused-ring (bicyclic) bond motifs is 1. The summed E-state index contributed by atoms with van der Waals surface area (Å²) in [6.07, 6.45) is 1.99. The number of methoxy groups -OCH3 is 1. The monoisotopic (exact) mass is 374 g/mol. The summed E-state index contributed by atoms with van der Waals surface area (Å²) in [5.41, 5.74) is 0.116. The largest absolute Gasteiger partial charge is 0.385 e. The molecule has 0 bridgehead atoms. The normalized spacial score (nSPS) is 17.5. The summed E-state index contributed by atoms with van der Waals surface area (Å²) in [6.45, 7) is 7.26. The van der Waals surface area contributed by atoms with Gasteiger partial charge in [-0.1, -0.05) is 18.2 Å². The van der Waals surface area contributed by atoms with Crippen molar-refractivity contribution >= 4 is 16.8 Å². The Hall–Kier alpha value is -1.96. The minimum absolute atomic E-state index is 0.148. The van der Waals surface area contributed by atoms with Crippen LogP contribution in [-0.4, -0.2) is 64.8 Å². The first-order valence-electron chi connectivity index (χ1n) is 9.67. The molecule has 148 valence electrons. The molecule has 27 heavy (non-hydrogen) atoms. The van der Waals surface area contributed by atoms with Crippen LogP contribution in [0.3, 0.4) is 0 Å². The molecule has 1 fully saturated rings. The van der Waals surface area contributed by atoms with E-state index in [0.29, 0.717) is 18.5 Å². The minimum atomic E-state index is -1.18. The fourth-order valence-electron chi connectivity index (χ4n) is 3.63. The number of benzene rings is 1. The first kappa shape index (κ1) is 19.8. The highest BCUT2D eigenvalue weighted by Crippen LogP contribution is 2.24. The molecule has 7 heteroatoms. The molecule has 1 aromatic heterocycles. The number of ether oxygens (including phenoxy) is 1. The van der Waals surface area contributed by atoms with Crippen LogP contribution in [0.4, 0.5) is 0 Å². The molecule has 0 radical (unpaired) electrons. The van der Waals surface area contributed by atoms with Crippen LogP contribution in [0.25, 0.3) is 10.9 Å². The van der Waals surface area contributed by atoms with Crippen LogP contribution >= 0.6 is 0 Å². The van der Waals surface area contributed by atoms with Crippen LogP contribution in [0, 0.1) is 0 Å². The number of piperidine rings is 1. The third kappa shape index (κ3) is 4.48. The maximum absolute atomic E-state index is 12.9. The van der Waals surface area contributed by atoms with Gasteiger partial charge >= 0.3 is 0 Å². The molecule has 1 saturated heterocycles. The van der Waals surface area contributed by atoms with Gasteiger partial charge in [0.05, 0.1) is 5.52 Å². The number of nitrogens with zero attached hydrogens (tertiary/aromatic N) is 3. The Balaban J connectivity index is 1.68. The van der Waals surface area contributed by atoms with Crippen molar-refractivity contribution in [2.75, 3.05) is 33.4 Å². The van der Waals surface area contributed by atoms with Gasteiger partial charge in [-0.05, 0) is 26.3 Å². The van der Waals surface area contributed by atoms with Gasteiger partial charge < -0.3 is 20.1 Å². The third-order valence-electron chi connectivity index (χ3n) is 5.17. The van der Waals surface area contributed by atoms with Gasteiger partial charge in [0.25, 0.3) is 5.91 Å². The van der Waals surface area contributed by atoms with Crippen molar-refractivity contribution in [3.05, 3.63) is 30.0 Å². The predicted octanol–water partition coefficient (Wildman–Crippen LogP) is 2.17. The van der Waals surface area contributed by atoms with E-state index >= 15 is 0 Å². The highest BCUT2D eigenvalue weighted by atomic mass is 16.5. The lowest BCUT2D eigenvalue weighted by Gasteiger charge is -2.38. The van der Waals surface area contributed by atoms with E-state index in [0.717, 1.165) is 43.6 Å². The fraction of sp³-hybridized carbons (Fsp3) is 0.600. The standard InChI is InChI=1S/C20H30N4O3/c1-15(2)24-17-8-5-4-7-16(17)18(22-24)19(25)21-20(26)9-12-23(13-10-20)11-6-14-27-3/h4-5,7-8,15,26H,6,9-14H2,1-3H3,(H,21,25). The van der Waals surface area contributed by atoms with Crippen LogP contribution in [0.2, 0.25) is 0 Å². The molecule has 2 heterocycles. The lowest BCUT2D eigenvalue weighted by Crippen LogP contribution is -2.55. The molecule has 1 aliphatic heterocycles. The molecule has 0 unspecified atom stereocenters. The number of nitrogens with one attached hydrogen (secondary N) is 1. The first-order valence-corrected chi connectivity index (χ1v) is 9.67. The van der Waals surface area contributed by atoms with Gasteiger partial charge in [-0.3, -0.25) is 9.48 Å². The van der Waals surface area contributed by atoms with Crippen LogP contribution < -0.4 is 5.32 Å². The quantitative estimate of drug-likeness (QED) is 0.574. The third-order valence-corrected chi connectivity index (χ3v) is 5.17. The number of para-hydroxylation sites is 1. The highest BCUT2D eigenvalue weighted by Gasteiger charge is 2.34. The molecule has 1 amide bonds. The van der Waals surface area contributed by atoms with Gasteiger partial charge in [-0.2, -0.15) is 5.10 Å². The van der Waals surface area contributed by atoms with Crippen molar-refractivity contribution in [2.24, 2.45) is 0 Å². The summed E-state index contributed by atoms with van der Waals surface area (Å²) in [6, 6.07) is 7.86. The van der Waals surface area contributed by atoms with Crippen LogP contribution in [0.15, 0.2) is 24.3 Å². The molecule has 0 spiro atoms.